The molecule has 0 fully saturated rings. The predicted molar refractivity (Wildman–Crippen MR) is 80.4 cm³/mol. The smallest absolute Gasteiger partial charge is 0.0434 e. The van der Waals surface area contributed by atoms with Crippen molar-refractivity contribution in [2.75, 3.05) is 11.9 Å². The Labute approximate surface area is 115 Å². The number of hydrogen-bond acceptors (Lipinski definition) is 2. The summed E-state index contributed by atoms with van der Waals surface area (Å²) in [5.41, 5.74) is 4.97. The maximum Gasteiger partial charge on any atom is 0.0434 e. The molecule has 0 aliphatic rings. The quantitative estimate of drug-likeness (QED) is 0.827. The molecular formula is C17H21NO. The highest BCUT2D eigenvalue weighted by Gasteiger charge is 1.97. The van der Waals surface area contributed by atoms with Crippen LogP contribution >= 0.6 is 0 Å². The minimum atomic E-state index is 0.251. The molecule has 19 heavy (non-hydrogen) atoms. The molecule has 2 rings (SSSR count). The van der Waals surface area contributed by atoms with Gasteiger partial charge in [-0.25, -0.2) is 0 Å². The van der Waals surface area contributed by atoms with Gasteiger partial charge in [0.05, 0.1) is 0 Å². The first-order valence-electron chi connectivity index (χ1n) is 6.77. The third-order valence-electron chi connectivity index (χ3n) is 3.17. The van der Waals surface area contributed by atoms with Crippen molar-refractivity contribution in [1.29, 1.82) is 0 Å². The molecular weight excluding hydrogens is 234 g/mol. The van der Waals surface area contributed by atoms with E-state index in [4.69, 9.17) is 5.11 Å². The fourth-order valence-corrected chi connectivity index (χ4v) is 2.03. The molecule has 100 valence electrons. The van der Waals surface area contributed by atoms with Gasteiger partial charge in [0.25, 0.3) is 0 Å². The molecule has 0 unspecified atom stereocenters. The Balaban J connectivity index is 1.93. The fraction of sp³-hybridized carbons (Fsp3) is 0.294. The molecule has 0 heterocycles. The van der Waals surface area contributed by atoms with Crippen molar-refractivity contribution in [3.05, 3.63) is 65.2 Å². The van der Waals surface area contributed by atoms with Crippen LogP contribution in [-0.4, -0.2) is 11.7 Å². The van der Waals surface area contributed by atoms with Gasteiger partial charge in [-0.1, -0.05) is 42.0 Å². The molecule has 0 atom stereocenters. The first-order valence-corrected chi connectivity index (χ1v) is 6.77. The zero-order chi connectivity index (χ0) is 13.5. The standard InChI is InChI=1S/C17H21NO/c1-14-7-9-16(10-8-14)13-18-17-6-2-4-15(12-17)5-3-11-19/h2,4,6-10,12,18-19H,3,5,11,13H2,1H3. The van der Waals surface area contributed by atoms with E-state index >= 15 is 0 Å². The van der Waals surface area contributed by atoms with E-state index in [1.165, 1.54) is 16.7 Å². The van der Waals surface area contributed by atoms with Crippen molar-refractivity contribution in [3.8, 4) is 0 Å². The number of nitrogens with one attached hydrogen (secondary N) is 1. The summed E-state index contributed by atoms with van der Waals surface area (Å²) in [5.74, 6) is 0. The molecule has 0 radical (unpaired) electrons. The van der Waals surface area contributed by atoms with Crippen LogP contribution in [0.15, 0.2) is 48.5 Å². The van der Waals surface area contributed by atoms with Crippen molar-refractivity contribution in [3.63, 3.8) is 0 Å². The van der Waals surface area contributed by atoms with E-state index in [0.29, 0.717) is 0 Å². The van der Waals surface area contributed by atoms with Crippen LogP contribution in [0.25, 0.3) is 0 Å². The number of aliphatic hydroxyl groups excluding tert-OH is 1. The van der Waals surface area contributed by atoms with Gasteiger partial charge in [0.15, 0.2) is 0 Å². The molecule has 0 saturated heterocycles. The van der Waals surface area contributed by atoms with E-state index in [2.05, 4.69) is 60.8 Å². The summed E-state index contributed by atoms with van der Waals surface area (Å²) in [4.78, 5) is 0. The highest BCUT2D eigenvalue weighted by molar-refractivity contribution is 5.46. The lowest BCUT2D eigenvalue weighted by molar-refractivity contribution is 0.288. The Kier molecular flexibility index (Phi) is 4.99. The maximum atomic E-state index is 8.86. The van der Waals surface area contributed by atoms with E-state index < -0.39 is 0 Å². The van der Waals surface area contributed by atoms with Gasteiger partial charge < -0.3 is 10.4 Å². The van der Waals surface area contributed by atoms with Gasteiger partial charge >= 0.3 is 0 Å². The maximum absolute atomic E-state index is 8.86. The Morgan fingerprint density at radius 2 is 1.79 bits per heavy atom. The van der Waals surface area contributed by atoms with Gasteiger partial charge in [0.1, 0.15) is 0 Å². The van der Waals surface area contributed by atoms with E-state index in [9.17, 15) is 0 Å². The summed E-state index contributed by atoms with van der Waals surface area (Å²) in [7, 11) is 0. The normalized spacial score (nSPS) is 10.4. The number of aryl methyl sites for hydroxylation is 2. The van der Waals surface area contributed by atoms with E-state index in [1.54, 1.807) is 0 Å². The van der Waals surface area contributed by atoms with Crippen LogP contribution in [0.1, 0.15) is 23.1 Å². The van der Waals surface area contributed by atoms with Gasteiger partial charge in [-0.15, -0.1) is 0 Å². The van der Waals surface area contributed by atoms with Crippen molar-refractivity contribution >= 4 is 5.69 Å². The second-order valence-corrected chi connectivity index (χ2v) is 4.87. The van der Waals surface area contributed by atoms with Crippen molar-refractivity contribution in [1.82, 2.24) is 0 Å². The number of anilines is 1. The third-order valence-corrected chi connectivity index (χ3v) is 3.17. The van der Waals surface area contributed by atoms with Gasteiger partial charge in [-0.05, 0) is 43.0 Å². The molecule has 2 aromatic rings. The molecule has 0 aromatic heterocycles. The molecule has 0 amide bonds. The molecule has 2 nitrogen and oxygen atoms in total. The Bertz CT molecular complexity index is 505. The minimum absolute atomic E-state index is 0.251. The predicted octanol–water partition coefficient (Wildman–Crippen LogP) is 3.53. The number of benzene rings is 2. The average Bonchev–Trinajstić information content (AvgIpc) is 2.45. The van der Waals surface area contributed by atoms with Gasteiger partial charge in [-0.2, -0.15) is 0 Å². The molecule has 2 heteroatoms. The largest absolute Gasteiger partial charge is 0.396 e. The highest BCUT2D eigenvalue weighted by atomic mass is 16.2. The summed E-state index contributed by atoms with van der Waals surface area (Å²) < 4.78 is 0. The summed E-state index contributed by atoms with van der Waals surface area (Å²) in [5, 5.41) is 12.3. The lowest BCUT2D eigenvalue weighted by Gasteiger charge is -2.08. The summed E-state index contributed by atoms with van der Waals surface area (Å²) in [6, 6.07) is 17.0. The SMILES string of the molecule is Cc1ccc(CNc2cccc(CCCO)c2)cc1. The van der Waals surface area contributed by atoms with Crippen LogP contribution in [0.4, 0.5) is 5.69 Å². The van der Waals surface area contributed by atoms with Gasteiger partial charge in [0, 0.05) is 18.8 Å². The Morgan fingerprint density at radius 3 is 2.53 bits per heavy atom. The first-order chi connectivity index (χ1) is 9.28. The lowest BCUT2D eigenvalue weighted by Crippen LogP contribution is -2.00. The molecule has 0 bridgehead atoms. The third kappa shape index (κ3) is 4.42. The van der Waals surface area contributed by atoms with Crippen molar-refractivity contribution in [2.24, 2.45) is 0 Å². The zero-order valence-corrected chi connectivity index (χ0v) is 11.4. The second-order valence-electron chi connectivity index (χ2n) is 4.87. The van der Waals surface area contributed by atoms with Crippen molar-refractivity contribution in [2.45, 2.75) is 26.3 Å². The van der Waals surface area contributed by atoms with Crippen LogP contribution in [0.2, 0.25) is 0 Å². The van der Waals surface area contributed by atoms with Crippen LogP contribution in [-0.2, 0) is 13.0 Å². The highest BCUT2D eigenvalue weighted by Crippen LogP contribution is 2.14. The second kappa shape index (κ2) is 6.95. The minimum Gasteiger partial charge on any atom is -0.396 e. The average molecular weight is 255 g/mol. The summed E-state index contributed by atoms with van der Waals surface area (Å²) in [6.45, 7) is 3.19. The molecule has 0 spiro atoms. The topological polar surface area (TPSA) is 32.3 Å². The lowest BCUT2D eigenvalue weighted by atomic mass is 10.1. The van der Waals surface area contributed by atoms with Gasteiger partial charge in [-0.3, -0.25) is 0 Å². The van der Waals surface area contributed by atoms with Crippen LogP contribution in [0, 0.1) is 6.92 Å². The first kappa shape index (κ1) is 13.6. The molecule has 0 aliphatic carbocycles. The zero-order valence-electron chi connectivity index (χ0n) is 11.4. The van der Waals surface area contributed by atoms with Crippen LogP contribution in [0.5, 0.6) is 0 Å². The van der Waals surface area contributed by atoms with E-state index in [0.717, 1.165) is 25.1 Å². The molecule has 2 aromatic carbocycles. The van der Waals surface area contributed by atoms with Crippen LogP contribution < -0.4 is 5.32 Å². The Hall–Kier alpha value is -1.80. The molecule has 0 saturated carbocycles. The number of aliphatic hydroxyl groups is 1. The Morgan fingerprint density at radius 1 is 1.00 bits per heavy atom. The van der Waals surface area contributed by atoms with E-state index in [-0.39, 0.29) is 6.61 Å². The monoisotopic (exact) mass is 255 g/mol. The molecule has 0 aliphatic heterocycles. The number of hydrogen-bond donors (Lipinski definition) is 2. The number of rotatable bonds is 6. The fourth-order valence-electron chi connectivity index (χ4n) is 2.03. The summed E-state index contributed by atoms with van der Waals surface area (Å²) in [6.07, 6.45) is 1.75. The molecule has 2 N–H and O–H groups in total. The summed E-state index contributed by atoms with van der Waals surface area (Å²) >= 11 is 0. The van der Waals surface area contributed by atoms with E-state index in [1.807, 2.05) is 0 Å². The van der Waals surface area contributed by atoms with Crippen LogP contribution in [0.3, 0.4) is 0 Å². The van der Waals surface area contributed by atoms with Crippen molar-refractivity contribution < 1.29 is 5.11 Å². The van der Waals surface area contributed by atoms with Gasteiger partial charge in [0.2, 0.25) is 0 Å².